The maximum absolute atomic E-state index is 5.41. The number of methoxy groups -OCH3 is 1. The average Bonchev–Trinajstić information content (AvgIpc) is 3.27. The van der Waals surface area contributed by atoms with E-state index in [1.807, 2.05) is 11.6 Å². The van der Waals surface area contributed by atoms with Crippen LogP contribution in [0.15, 0.2) is 40.5 Å². The molecule has 0 aliphatic heterocycles. The van der Waals surface area contributed by atoms with E-state index in [4.69, 9.17) is 4.74 Å². The summed E-state index contributed by atoms with van der Waals surface area (Å²) >= 11 is 3.45. The molecule has 1 atom stereocenters. The molecular formula is C19H22N2OS2. The molecule has 2 aromatic heterocycles. The number of aryl methyl sites for hydroxylation is 2. The predicted molar refractivity (Wildman–Crippen MR) is 102 cm³/mol. The first-order valence-corrected chi connectivity index (χ1v) is 9.77. The Kier molecular flexibility index (Phi) is 5.66. The minimum Gasteiger partial charge on any atom is -0.496 e. The topological polar surface area (TPSA) is 34.1 Å². The molecule has 1 unspecified atom stereocenters. The van der Waals surface area contributed by atoms with Crippen LogP contribution in [0.2, 0.25) is 0 Å². The van der Waals surface area contributed by atoms with Crippen molar-refractivity contribution in [1.29, 1.82) is 0 Å². The van der Waals surface area contributed by atoms with Crippen molar-refractivity contribution in [2.75, 3.05) is 7.11 Å². The van der Waals surface area contributed by atoms with E-state index in [9.17, 15) is 0 Å². The lowest BCUT2D eigenvalue weighted by Crippen LogP contribution is -2.23. The van der Waals surface area contributed by atoms with Crippen LogP contribution < -0.4 is 10.1 Å². The highest BCUT2D eigenvalue weighted by atomic mass is 32.1. The lowest BCUT2D eigenvalue weighted by Gasteiger charge is -2.18. The van der Waals surface area contributed by atoms with Gasteiger partial charge >= 0.3 is 0 Å². The molecule has 2 heterocycles. The Balaban J connectivity index is 1.75. The van der Waals surface area contributed by atoms with Crippen molar-refractivity contribution in [3.63, 3.8) is 0 Å². The van der Waals surface area contributed by atoms with E-state index in [-0.39, 0.29) is 6.04 Å². The number of rotatable bonds is 7. The van der Waals surface area contributed by atoms with Gasteiger partial charge in [0.25, 0.3) is 0 Å². The third-order valence-corrected chi connectivity index (χ3v) is 5.78. The van der Waals surface area contributed by atoms with Crippen molar-refractivity contribution >= 4 is 22.7 Å². The Labute approximate surface area is 151 Å². The van der Waals surface area contributed by atoms with Gasteiger partial charge in [0.2, 0.25) is 0 Å². The molecule has 0 amide bonds. The molecule has 0 aliphatic rings. The van der Waals surface area contributed by atoms with Gasteiger partial charge in [-0.2, -0.15) is 11.3 Å². The number of nitrogens with one attached hydrogen (secondary N) is 1. The van der Waals surface area contributed by atoms with Gasteiger partial charge in [-0.3, -0.25) is 0 Å². The lowest BCUT2D eigenvalue weighted by molar-refractivity contribution is 0.411. The average molecular weight is 359 g/mol. The number of benzene rings is 1. The minimum absolute atomic E-state index is 0.237. The number of aromatic nitrogens is 1. The minimum atomic E-state index is 0.237. The number of nitrogens with zero attached hydrogens (tertiary/aromatic N) is 1. The van der Waals surface area contributed by atoms with Crippen LogP contribution in [0.25, 0.3) is 0 Å². The van der Waals surface area contributed by atoms with Gasteiger partial charge in [-0.15, -0.1) is 11.3 Å². The first kappa shape index (κ1) is 17.1. The van der Waals surface area contributed by atoms with Crippen LogP contribution in [0.5, 0.6) is 5.75 Å². The second-order valence-electron chi connectivity index (χ2n) is 5.89. The van der Waals surface area contributed by atoms with Crippen LogP contribution >= 0.6 is 22.7 Å². The molecular weight excluding hydrogens is 336 g/mol. The number of hydrogen-bond acceptors (Lipinski definition) is 5. The van der Waals surface area contributed by atoms with Crippen molar-refractivity contribution in [2.45, 2.75) is 32.9 Å². The Hall–Kier alpha value is -1.69. The van der Waals surface area contributed by atoms with Crippen LogP contribution in [-0.2, 0) is 13.0 Å². The fourth-order valence-electron chi connectivity index (χ4n) is 2.79. The molecule has 0 saturated carbocycles. The van der Waals surface area contributed by atoms with E-state index in [2.05, 4.69) is 53.1 Å². The molecule has 0 fully saturated rings. The SMILES string of the molecule is COc1cc(C)c(CNC(Cc2ccsc2)c2nccs2)cc1C. The lowest BCUT2D eigenvalue weighted by atomic mass is 10.0. The maximum Gasteiger partial charge on any atom is 0.122 e. The standard InChI is InChI=1S/C19H22N2OS2/c1-13-9-18(22-3)14(2)8-16(13)11-21-17(19-20-5-7-24-19)10-15-4-6-23-12-15/h4-9,12,17,21H,10-11H2,1-3H3. The molecule has 0 bridgehead atoms. The summed E-state index contributed by atoms with van der Waals surface area (Å²) in [7, 11) is 1.72. The van der Waals surface area contributed by atoms with E-state index >= 15 is 0 Å². The van der Waals surface area contributed by atoms with Gasteiger partial charge in [-0.05, 0) is 65.4 Å². The summed E-state index contributed by atoms with van der Waals surface area (Å²) in [6.45, 7) is 5.05. The van der Waals surface area contributed by atoms with Crippen LogP contribution in [0.1, 0.15) is 33.3 Å². The third kappa shape index (κ3) is 4.04. The van der Waals surface area contributed by atoms with Gasteiger partial charge in [0.1, 0.15) is 10.8 Å². The second-order valence-corrected chi connectivity index (χ2v) is 7.59. The fraction of sp³-hybridized carbons (Fsp3) is 0.316. The summed E-state index contributed by atoms with van der Waals surface area (Å²) < 4.78 is 5.41. The van der Waals surface area contributed by atoms with Gasteiger partial charge < -0.3 is 10.1 Å². The van der Waals surface area contributed by atoms with E-state index < -0.39 is 0 Å². The Morgan fingerprint density at radius 3 is 2.75 bits per heavy atom. The number of thiophene rings is 1. The fourth-order valence-corrected chi connectivity index (χ4v) is 4.19. The zero-order valence-electron chi connectivity index (χ0n) is 14.2. The Morgan fingerprint density at radius 1 is 1.21 bits per heavy atom. The van der Waals surface area contributed by atoms with Gasteiger partial charge in [0.15, 0.2) is 0 Å². The smallest absolute Gasteiger partial charge is 0.122 e. The van der Waals surface area contributed by atoms with Crippen LogP contribution in [-0.4, -0.2) is 12.1 Å². The highest BCUT2D eigenvalue weighted by Crippen LogP contribution is 2.25. The van der Waals surface area contributed by atoms with E-state index in [0.29, 0.717) is 0 Å². The molecule has 1 aromatic carbocycles. The van der Waals surface area contributed by atoms with Gasteiger partial charge in [-0.25, -0.2) is 4.98 Å². The summed E-state index contributed by atoms with van der Waals surface area (Å²) in [6.07, 6.45) is 2.84. The highest BCUT2D eigenvalue weighted by molar-refractivity contribution is 7.09. The van der Waals surface area contributed by atoms with Gasteiger partial charge in [0.05, 0.1) is 13.2 Å². The Morgan fingerprint density at radius 2 is 2.08 bits per heavy atom. The van der Waals surface area contributed by atoms with Crippen molar-refractivity contribution in [3.05, 3.63) is 67.8 Å². The molecule has 0 spiro atoms. The van der Waals surface area contributed by atoms with Crippen molar-refractivity contribution < 1.29 is 4.74 Å². The van der Waals surface area contributed by atoms with E-state index in [0.717, 1.165) is 23.7 Å². The van der Waals surface area contributed by atoms with E-state index in [1.54, 1.807) is 29.8 Å². The van der Waals surface area contributed by atoms with Gasteiger partial charge in [-0.1, -0.05) is 6.07 Å². The summed E-state index contributed by atoms with van der Waals surface area (Å²) in [5.41, 5.74) is 5.08. The number of ether oxygens (including phenoxy) is 1. The predicted octanol–water partition coefficient (Wildman–Crippen LogP) is 4.90. The maximum atomic E-state index is 5.41. The number of hydrogen-bond donors (Lipinski definition) is 1. The summed E-state index contributed by atoms with van der Waals surface area (Å²) in [5, 5.41) is 11.2. The van der Waals surface area contributed by atoms with Gasteiger partial charge in [0, 0.05) is 18.1 Å². The second kappa shape index (κ2) is 7.92. The van der Waals surface area contributed by atoms with E-state index in [1.165, 1.54) is 22.3 Å². The number of thiazole rings is 1. The zero-order valence-corrected chi connectivity index (χ0v) is 15.8. The van der Waals surface area contributed by atoms with Crippen molar-refractivity contribution in [3.8, 4) is 5.75 Å². The summed E-state index contributed by atoms with van der Waals surface area (Å²) in [6, 6.07) is 6.76. The van der Waals surface area contributed by atoms with Crippen LogP contribution in [0.3, 0.4) is 0 Å². The molecule has 1 N–H and O–H groups in total. The first-order valence-electron chi connectivity index (χ1n) is 7.95. The summed E-state index contributed by atoms with van der Waals surface area (Å²) in [5.74, 6) is 0.950. The molecule has 0 saturated heterocycles. The molecule has 3 aromatic rings. The van der Waals surface area contributed by atoms with Crippen molar-refractivity contribution in [1.82, 2.24) is 10.3 Å². The molecule has 126 valence electrons. The molecule has 24 heavy (non-hydrogen) atoms. The third-order valence-electron chi connectivity index (χ3n) is 4.16. The zero-order chi connectivity index (χ0) is 16.9. The molecule has 3 nitrogen and oxygen atoms in total. The normalized spacial score (nSPS) is 12.3. The summed E-state index contributed by atoms with van der Waals surface area (Å²) in [4.78, 5) is 4.52. The first-order chi connectivity index (χ1) is 11.7. The largest absolute Gasteiger partial charge is 0.496 e. The molecule has 0 radical (unpaired) electrons. The van der Waals surface area contributed by atoms with Crippen molar-refractivity contribution in [2.24, 2.45) is 0 Å². The van der Waals surface area contributed by atoms with Crippen LogP contribution in [0.4, 0.5) is 0 Å². The quantitative estimate of drug-likeness (QED) is 0.652. The molecule has 0 aliphatic carbocycles. The molecule has 5 heteroatoms. The molecule has 3 rings (SSSR count). The van der Waals surface area contributed by atoms with Crippen LogP contribution in [0, 0.1) is 13.8 Å². The highest BCUT2D eigenvalue weighted by Gasteiger charge is 2.16. The monoisotopic (exact) mass is 358 g/mol. The Bertz CT molecular complexity index is 767.